The van der Waals surface area contributed by atoms with Gasteiger partial charge in [0.1, 0.15) is 23.2 Å². The topological polar surface area (TPSA) is 111 Å². The zero-order valence-electron chi connectivity index (χ0n) is 21.0. The minimum absolute atomic E-state index is 0.103. The lowest BCUT2D eigenvalue weighted by Crippen LogP contribution is -2.50. The number of anilines is 2. The van der Waals surface area contributed by atoms with E-state index < -0.39 is 0 Å². The maximum absolute atomic E-state index is 13.4. The van der Waals surface area contributed by atoms with Gasteiger partial charge in [0, 0.05) is 39.3 Å². The Morgan fingerprint density at radius 1 is 1.32 bits per heavy atom. The maximum Gasteiger partial charge on any atom is 0.321 e. The number of hydrogen-bond donors (Lipinski definition) is 2. The normalized spacial score (nSPS) is 18.9. The highest BCUT2D eigenvalue weighted by atomic mass is 16.5. The summed E-state index contributed by atoms with van der Waals surface area (Å²) < 4.78 is 11.5. The Balaban J connectivity index is 1.88. The second-order valence-corrected chi connectivity index (χ2v) is 9.21. The third-order valence-electron chi connectivity index (χ3n) is 6.23. The van der Waals surface area contributed by atoms with E-state index in [1.54, 1.807) is 42.8 Å². The highest BCUT2D eigenvalue weighted by Gasteiger charge is 2.34. The first-order chi connectivity index (χ1) is 16.0. The van der Waals surface area contributed by atoms with E-state index in [9.17, 15) is 14.7 Å². The van der Waals surface area contributed by atoms with Gasteiger partial charge in [0.15, 0.2) is 5.76 Å². The number of nitrogens with one attached hydrogen (secondary N) is 1. The van der Waals surface area contributed by atoms with E-state index >= 15 is 0 Å². The zero-order valence-corrected chi connectivity index (χ0v) is 21.0. The maximum atomic E-state index is 13.4. The van der Waals surface area contributed by atoms with Crippen LogP contribution in [0.3, 0.4) is 0 Å². The van der Waals surface area contributed by atoms with Gasteiger partial charge in [-0.2, -0.15) is 0 Å². The molecule has 3 rings (SSSR count). The lowest BCUT2D eigenvalue weighted by atomic mass is 9.99. The van der Waals surface area contributed by atoms with Crippen LogP contribution in [0.15, 0.2) is 22.7 Å². The van der Waals surface area contributed by atoms with E-state index in [1.807, 2.05) is 38.9 Å². The summed E-state index contributed by atoms with van der Waals surface area (Å²) in [5, 5.41) is 16.5. The lowest BCUT2D eigenvalue weighted by molar-refractivity contribution is 0.0371. The number of rotatable bonds is 6. The number of aliphatic hydroxyl groups excluding tert-OH is 1. The molecule has 1 aliphatic rings. The van der Waals surface area contributed by atoms with Crippen molar-refractivity contribution in [2.24, 2.45) is 5.92 Å². The van der Waals surface area contributed by atoms with Crippen LogP contribution in [-0.2, 0) is 0 Å². The van der Waals surface area contributed by atoms with Crippen molar-refractivity contribution in [2.75, 3.05) is 51.1 Å². The van der Waals surface area contributed by atoms with Crippen molar-refractivity contribution in [3.8, 4) is 5.75 Å². The standard InChI is InChI=1S/C24H35N5O5/c1-14-11-29(15(2)13-30)23(31)19-10-18(27(5)6)8-9-20(19)33-21(14)12-28(7)24(32)25-22-16(3)26-34-17(22)4/h8-10,14-15,21,30H,11-13H2,1-7H3,(H,25,32)/t14-,15+,21+/m1/s1. The molecule has 1 aliphatic heterocycles. The average molecular weight is 474 g/mol. The molecule has 1 aromatic heterocycles. The van der Waals surface area contributed by atoms with E-state index in [4.69, 9.17) is 9.26 Å². The van der Waals surface area contributed by atoms with Crippen LogP contribution in [0.4, 0.5) is 16.2 Å². The number of carbonyl (C=O) groups excluding carboxylic acids is 2. The van der Waals surface area contributed by atoms with E-state index in [1.165, 1.54) is 0 Å². The Hall–Kier alpha value is -3.27. The van der Waals surface area contributed by atoms with E-state index in [0.29, 0.717) is 41.5 Å². The van der Waals surface area contributed by atoms with Crippen molar-refractivity contribution in [2.45, 2.75) is 39.8 Å². The monoisotopic (exact) mass is 473 g/mol. The molecule has 34 heavy (non-hydrogen) atoms. The highest BCUT2D eigenvalue weighted by Crippen LogP contribution is 2.31. The van der Waals surface area contributed by atoms with Gasteiger partial charge < -0.3 is 34.4 Å². The van der Waals surface area contributed by atoms with Crippen molar-refractivity contribution in [3.63, 3.8) is 0 Å². The molecule has 0 saturated heterocycles. The van der Waals surface area contributed by atoms with Crippen molar-refractivity contribution >= 4 is 23.3 Å². The number of urea groups is 1. The molecule has 0 spiro atoms. The quantitative estimate of drug-likeness (QED) is 0.664. The molecule has 0 aliphatic carbocycles. The summed E-state index contributed by atoms with van der Waals surface area (Å²) in [6.45, 7) is 7.83. The largest absolute Gasteiger partial charge is 0.487 e. The lowest BCUT2D eigenvalue weighted by Gasteiger charge is -2.38. The summed E-state index contributed by atoms with van der Waals surface area (Å²) in [5.41, 5.74) is 2.46. The zero-order chi connectivity index (χ0) is 25.2. The van der Waals surface area contributed by atoms with Crippen LogP contribution in [-0.4, -0.2) is 85.0 Å². The van der Waals surface area contributed by atoms with Crippen molar-refractivity contribution in [3.05, 3.63) is 35.2 Å². The molecule has 0 fully saturated rings. The highest BCUT2D eigenvalue weighted by molar-refractivity contribution is 5.98. The molecule has 0 unspecified atom stereocenters. The van der Waals surface area contributed by atoms with Crippen LogP contribution in [0, 0.1) is 19.8 Å². The molecular weight excluding hydrogens is 438 g/mol. The number of nitrogens with zero attached hydrogens (tertiary/aromatic N) is 4. The van der Waals surface area contributed by atoms with Gasteiger partial charge in [0.2, 0.25) is 0 Å². The number of carbonyl (C=O) groups is 2. The van der Waals surface area contributed by atoms with Crippen LogP contribution in [0.5, 0.6) is 5.75 Å². The van der Waals surface area contributed by atoms with Gasteiger partial charge in [0.05, 0.1) is 24.8 Å². The fraction of sp³-hybridized carbons (Fsp3) is 0.542. The molecule has 10 nitrogen and oxygen atoms in total. The number of hydrogen-bond acceptors (Lipinski definition) is 7. The summed E-state index contributed by atoms with van der Waals surface area (Å²) in [6.07, 6.45) is -0.383. The first-order valence-corrected chi connectivity index (χ1v) is 11.4. The van der Waals surface area contributed by atoms with Gasteiger partial charge in [-0.25, -0.2) is 4.79 Å². The van der Waals surface area contributed by atoms with Crippen LogP contribution in [0.25, 0.3) is 0 Å². The van der Waals surface area contributed by atoms with Crippen molar-refractivity contribution in [1.29, 1.82) is 0 Å². The molecule has 186 valence electrons. The number of likely N-dealkylation sites (N-methyl/N-ethyl adjacent to an activating group) is 1. The van der Waals surface area contributed by atoms with Crippen LogP contribution < -0.4 is 15.0 Å². The number of aromatic nitrogens is 1. The van der Waals surface area contributed by atoms with E-state index in [2.05, 4.69) is 10.5 Å². The van der Waals surface area contributed by atoms with Crippen LogP contribution in [0.2, 0.25) is 0 Å². The summed E-state index contributed by atoms with van der Waals surface area (Å²) in [7, 11) is 5.50. The molecule has 0 radical (unpaired) electrons. The second-order valence-electron chi connectivity index (χ2n) is 9.21. The van der Waals surface area contributed by atoms with Crippen LogP contribution >= 0.6 is 0 Å². The van der Waals surface area contributed by atoms with E-state index in [-0.39, 0.29) is 36.6 Å². The van der Waals surface area contributed by atoms with Gasteiger partial charge in [-0.05, 0) is 39.0 Å². The number of aryl methyl sites for hydroxylation is 2. The molecule has 3 amide bonds. The summed E-state index contributed by atoms with van der Waals surface area (Å²) >= 11 is 0. The molecule has 0 bridgehead atoms. The van der Waals surface area contributed by atoms with Gasteiger partial charge >= 0.3 is 6.03 Å². The minimum atomic E-state index is -0.383. The average Bonchev–Trinajstić information content (AvgIpc) is 3.12. The van der Waals surface area contributed by atoms with Gasteiger partial charge in [-0.15, -0.1) is 0 Å². The summed E-state index contributed by atoms with van der Waals surface area (Å²) in [6, 6.07) is 4.82. The third kappa shape index (κ3) is 5.27. The third-order valence-corrected chi connectivity index (χ3v) is 6.23. The number of ether oxygens (including phenoxy) is 1. The Bertz CT molecular complexity index is 1020. The number of aliphatic hydroxyl groups is 1. The molecular formula is C24H35N5O5. The smallest absolute Gasteiger partial charge is 0.321 e. The van der Waals surface area contributed by atoms with Gasteiger partial charge in [-0.3, -0.25) is 4.79 Å². The molecule has 3 atom stereocenters. The minimum Gasteiger partial charge on any atom is -0.487 e. The van der Waals surface area contributed by atoms with Gasteiger partial charge in [-0.1, -0.05) is 12.1 Å². The Morgan fingerprint density at radius 2 is 2.03 bits per heavy atom. The Labute approximate surface area is 200 Å². The molecule has 0 saturated carbocycles. The number of fused-ring (bicyclic) bond motifs is 1. The van der Waals surface area contributed by atoms with Crippen LogP contribution in [0.1, 0.15) is 35.7 Å². The Morgan fingerprint density at radius 3 is 2.62 bits per heavy atom. The SMILES string of the molecule is Cc1noc(C)c1NC(=O)N(C)C[C@@H]1Oc2ccc(N(C)C)cc2C(=O)N([C@@H](C)CO)C[C@H]1C. The van der Waals surface area contributed by atoms with Gasteiger partial charge in [0.25, 0.3) is 5.91 Å². The number of amides is 3. The fourth-order valence-corrected chi connectivity index (χ4v) is 3.92. The molecule has 2 aromatic rings. The van der Waals surface area contributed by atoms with Crippen molar-refractivity contribution in [1.82, 2.24) is 15.0 Å². The molecule has 2 N–H and O–H groups in total. The number of benzene rings is 1. The first-order valence-electron chi connectivity index (χ1n) is 11.4. The first kappa shape index (κ1) is 25.4. The molecule has 10 heteroatoms. The summed E-state index contributed by atoms with van der Waals surface area (Å²) in [5.74, 6) is 0.707. The molecule has 2 heterocycles. The Kier molecular flexibility index (Phi) is 7.71. The summed E-state index contributed by atoms with van der Waals surface area (Å²) in [4.78, 5) is 31.4. The predicted octanol–water partition coefficient (Wildman–Crippen LogP) is 2.74. The molecule has 1 aromatic carbocycles. The predicted molar refractivity (Wildman–Crippen MR) is 130 cm³/mol. The second kappa shape index (κ2) is 10.3. The van der Waals surface area contributed by atoms with Crippen molar-refractivity contribution < 1.29 is 24.0 Å². The van der Waals surface area contributed by atoms with E-state index in [0.717, 1.165) is 5.69 Å². The fourth-order valence-electron chi connectivity index (χ4n) is 3.92.